The molecule has 1 amide bonds. The zero-order valence-electron chi connectivity index (χ0n) is 12.2. The van der Waals surface area contributed by atoms with Crippen LogP contribution in [0.1, 0.15) is 28.5 Å². The fourth-order valence-corrected chi connectivity index (χ4v) is 2.04. The van der Waals surface area contributed by atoms with Crippen LogP contribution in [-0.2, 0) is 6.54 Å². The van der Waals surface area contributed by atoms with Gasteiger partial charge >= 0.3 is 0 Å². The Labute approximate surface area is 118 Å². The number of anilines is 1. The van der Waals surface area contributed by atoms with Gasteiger partial charge in [-0.1, -0.05) is 6.07 Å². The molecule has 0 fully saturated rings. The zero-order valence-corrected chi connectivity index (χ0v) is 12.2. The molecule has 0 bridgehead atoms. The summed E-state index contributed by atoms with van der Waals surface area (Å²) in [7, 11) is 1.60. The van der Waals surface area contributed by atoms with Crippen LogP contribution < -0.4 is 10.1 Å². The lowest BCUT2D eigenvalue weighted by molar-refractivity contribution is 0.102. The SMILES string of the molecule is CCn1ncc(NC(=O)c2ccc(C)c(OC)c2)c1C. The van der Waals surface area contributed by atoms with Gasteiger partial charge in [0.25, 0.3) is 5.91 Å². The minimum Gasteiger partial charge on any atom is -0.496 e. The van der Waals surface area contributed by atoms with Gasteiger partial charge in [-0.3, -0.25) is 9.48 Å². The highest BCUT2D eigenvalue weighted by Crippen LogP contribution is 2.20. The van der Waals surface area contributed by atoms with Gasteiger partial charge in [-0.2, -0.15) is 5.10 Å². The van der Waals surface area contributed by atoms with Gasteiger partial charge in [0.2, 0.25) is 0 Å². The van der Waals surface area contributed by atoms with E-state index >= 15 is 0 Å². The van der Waals surface area contributed by atoms with E-state index in [1.165, 1.54) is 0 Å². The Kier molecular flexibility index (Phi) is 4.08. The van der Waals surface area contributed by atoms with Crippen LogP contribution in [0.4, 0.5) is 5.69 Å². The number of amides is 1. The lowest BCUT2D eigenvalue weighted by Gasteiger charge is -2.08. The molecule has 0 saturated heterocycles. The maximum atomic E-state index is 12.2. The fourth-order valence-electron chi connectivity index (χ4n) is 2.04. The third-order valence-corrected chi connectivity index (χ3v) is 3.32. The van der Waals surface area contributed by atoms with Crippen LogP contribution in [0.3, 0.4) is 0 Å². The van der Waals surface area contributed by atoms with Crippen molar-refractivity contribution in [3.05, 3.63) is 41.2 Å². The standard InChI is InChI=1S/C15H19N3O2/c1-5-18-11(3)13(9-16-18)17-15(19)12-7-6-10(2)14(8-12)20-4/h6-9H,5H2,1-4H3,(H,17,19). The first-order valence-corrected chi connectivity index (χ1v) is 6.55. The van der Waals surface area contributed by atoms with Crippen molar-refractivity contribution in [2.24, 2.45) is 0 Å². The first kappa shape index (κ1) is 14.1. The minimum atomic E-state index is -0.165. The van der Waals surface area contributed by atoms with Gasteiger partial charge in [-0.25, -0.2) is 0 Å². The van der Waals surface area contributed by atoms with E-state index in [1.807, 2.05) is 31.5 Å². The molecule has 0 atom stereocenters. The summed E-state index contributed by atoms with van der Waals surface area (Å²) in [6.45, 7) is 6.66. The molecule has 0 aliphatic carbocycles. The van der Waals surface area contributed by atoms with Crippen LogP contribution in [0.2, 0.25) is 0 Å². The summed E-state index contributed by atoms with van der Waals surface area (Å²) < 4.78 is 7.07. The second-order valence-electron chi connectivity index (χ2n) is 4.60. The van der Waals surface area contributed by atoms with Crippen molar-refractivity contribution in [1.82, 2.24) is 9.78 Å². The lowest BCUT2D eigenvalue weighted by atomic mass is 10.1. The van der Waals surface area contributed by atoms with Crippen molar-refractivity contribution in [2.45, 2.75) is 27.3 Å². The minimum absolute atomic E-state index is 0.165. The number of benzene rings is 1. The van der Waals surface area contributed by atoms with E-state index in [1.54, 1.807) is 25.4 Å². The highest BCUT2D eigenvalue weighted by molar-refractivity contribution is 6.04. The van der Waals surface area contributed by atoms with Crippen LogP contribution in [0, 0.1) is 13.8 Å². The number of hydrogen-bond donors (Lipinski definition) is 1. The molecule has 0 saturated carbocycles. The number of aromatic nitrogens is 2. The molecule has 5 nitrogen and oxygen atoms in total. The summed E-state index contributed by atoms with van der Waals surface area (Å²) in [6, 6.07) is 5.40. The third kappa shape index (κ3) is 2.66. The summed E-state index contributed by atoms with van der Waals surface area (Å²) >= 11 is 0. The van der Waals surface area contributed by atoms with Gasteiger partial charge < -0.3 is 10.1 Å². The van der Waals surface area contributed by atoms with Gasteiger partial charge in [0.05, 0.1) is 24.7 Å². The van der Waals surface area contributed by atoms with E-state index in [4.69, 9.17) is 4.74 Å². The maximum absolute atomic E-state index is 12.2. The number of rotatable bonds is 4. The van der Waals surface area contributed by atoms with Crippen LogP contribution in [-0.4, -0.2) is 22.8 Å². The predicted octanol–water partition coefficient (Wildman–Crippen LogP) is 2.78. The molecule has 0 aliphatic rings. The molecule has 2 aromatic rings. The smallest absolute Gasteiger partial charge is 0.255 e. The molecule has 5 heteroatoms. The molecule has 0 spiro atoms. The maximum Gasteiger partial charge on any atom is 0.255 e. The highest BCUT2D eigenvalue weighted by atomic mass is 16.5. The highest BCUT2D eigenvalue weighted by Gasteiger charge is 2.12. The molecule has 0 unspecified atom stereocenters. The molecule has 106 valence electrons. The number of aryl methyl sites for hydroxylation is 2. The van der Waals surface area contributed by atoms with E-state index in [2.05, 4.69) is 10.4 Å². The first-order chi connectivity index (χ1) is 9.56. The number of hydrogen-bond acceptors (Lipinski definition) is 3. The van der Waals surface area contributed by atoms with Gasteiger partial charge in [0, 0.05) is 12.1 Å². The van der Waals surface area contributed by atoms with Crippen molar-refractivity contribution in [3.63, 3.8) is 0 Å². The molecule has 1 aromatic heterocycles. The third-order valence-electron chi connectivity index (χ3n) is 3.32. The molecule has 1 aromatic carbocycles. The number of methoxy groups -OCH3 is 1. The Bertz CT molecular complexity index is 632. The zero-order chi connectivity index (χ0) is 14.7. The Hall–Kier alpha value is -2.30. The second-order valence-corrected chi connectivity index (χ2v) is 4.60. The monoisotopic (exact) mass is 273 g/mol. The van der Waals surface area contributed by atoms with E-state index in [0.29, 0.717) is 11.3 Å². The lowest BCUT2D eigenvalue weighted by Crippen LogP contribution is -2.13. The number of ether oxygens (including phenoxy) is 1. The molecule has 1 heterocycles. The van der Waals surface area contributed by atoms with Crippen LogP contribution in [0.25, 0.3) is 0 Å². The molecule has 2 rings (SSSR count). The summed E-state index contributed by atoms with van der Waals surface area (Å²) in [5.74, 6) is 0.542. The topological polar surface area (TPSA) is 56.2 Å². The Morgan fingerprint density at radius 1 is 1.40 bits per heavy atom. The number of carbonyl (C=O) groups excluding carboxylic acids is 1. The Morgan fingerprint density at radius 3 is 2.75 bits per heavy atom. The fraction of sp³-hybridized carbons (Fsp3) is 0.333. The number of nitrogens with zero attached hydrogens (tertiary/aromatic N) is 2. The normalized spacial score (nSPS) is 10.4. The van der Waals surface area contributed by atoms with Crippen molar-refractivity contribution in [2.75, 3.05) is 12.4 Å². The van der Waals surface area contributed by atoms with Crippen LogP contribution in [0.15, 0.2) is 24.4 Å². The molecular formula is C15H19N3O2. The van der Waals surface area contributed by atoms with Gasteiger partial charge in [-0.05, 0) is 38.5 Å². The average molecular weight is 273 g/mol. The number of nitrogens with one attached hydrogen (secondary N) is 1. The summed E-state index contributed by atoms with van der Waals surface area (Å²) in [5, 5.41) is 7.08. The van der Waals surface area contributed by atoms with E-state index in [0.717, 1.165) is 23.5 Å². The molecule has 1 N–H and O–H groups in total. The average Bonchev–Trinajstić information content (AvgIpc) is 2.80. The molecule has 0 radical (unpaired) electrons. The van der Waals surface area contributed by atoms with E-state index in [9.17, 15) is 4.79 Å². The van der Waals surface area contributed by atoms with E-state index < -0.39 is 0 Å². The van der Waals surface area contributed by atoms with Crippen LogP contribution >= 0.6 is 0 Å². The van der Waals surface area contributed by atoms with Gasteiger partial charge in [-0.15, -0.1) is 0 Å². The van der Waals surface area contributed by atoms with E-state index in [-0.39, 0.29) is 5.91 Å². The van der Waals surface area contributed by atoms with Crippen LogP contribution in [0.5, 0.6) is 5.75 Å². The van der Waals surface area contributed by atoms with Crippen molar-refractivity contribution >= 4 is 11.6 Å². The van der Waals surface area contributed by atoms with Crippen molar-refractivity contribution < 1.29 is 9.53 Å². The number of carbonyl (C=O) groups is 1. The quantitative estimate of drug-likeness (QED) is 0.932. The Morgan fingerprint density at radius 2 is 2.15 bits per heavy atom. The Balaban J connectivity index is 2.21. The second kappa shape index (κ2) is 5.77. The molecular weight excluding hydrogens is 254 g/mol. The predicted molar refractivity (Wildman–Crippen MR) is 78.3 cm³/mol. The molecule has 0 aliphatic heterocycles. The van der Waals surface area contributed by atoms with Gasteiger partial charge in [0.1, 0.15) is 5.75 Å². The molecule has 20 heavy (non-hydrogen) atoms. The van der Waals surface area contributed by atoms with Gasteiger partial charge in [0.15, 0.2) is 0 Å². The summed E-state index contributed by atoms with van der Waals surface area (Å²) in [5.41, 5.74) is 3.24. The first-order valence-electron chi connectivity index (χ1n) is 6.55. The summed E-state index contributed by atoms with van der Waals surface area (Å²) in [4.78, 5) is 12.2. The summed E-state index contributed by atoms with van der Waals surface area (Å²) in [6.07, 6.45) is 1.67. The van der Waals surface area contributed by atoms with Crippen molar-refractivity contribution in [1.29, 1.82) is 0 Å². The van der Waals surface area contributed by atoms with Crippen molar-refractivity contribution in [3.8, 4) is 5.75 Å². The largest absolute Gasteiger partial charge is 0.496 e.